The van der Waals surface area contributed by atoms with Crippen LogP contribution in [0.4, 0.5) is 11.5 Å². The predicted octanol–water partition coefficient (Wildman–Crippen LogP) is 3.67. The number of likely N-dealkylation sites (tertiary alicyclic amines) is 1. The molecule has 2 N–H and O–H groups in total. The molecule has 0 unspecified atom stereocenters. The predicted molar refractivity (Wildman–Crippen MR) is 111 cm³/mol. The van der Waals surface area contributed by atoms with Gasteiger partial charge in [0.15, 0.2) is 0 Å². The van der Waals surface area contributed by atoms with E-state index in [1.54, 1.807) is 18.6 Å². The summed E-state index contributed by atoms with van der Waals surface area (Å²) < 4.78 is 0. The van der Waals surface area contributed by atoms with Gasteiger partial charge in [-0.3, -0.25) is 14.8 Å². The van der Waals surface area contributed by atoms with Crippen molar-refractivity contribution >= 4 is 17.4 Å². The molecule has 1 saturated heterocycles. The molecule has 1 aliphatic heterocycles. The SMILES string of the molecule is Cc1cc(Nc2cnccn2)cc([C@@H]2CCCN2C(=O)CC2(O)CCCCC2)n1. The van der Waals surface area contributed by atoms with Crippen molar-refractivity contribution in [3.8, 4) is 0 Å². The number of aryl methyl sites for hydroxylation is 1. The molecule has 7 nitrogen and oxygen atoms in total. The Kier molecular flexibility index (Phi) is 5.76. The summed E-state index contributed by atoms with van der Waals surface area (Å²) in [5.41, 5.74) is 1.83. The highest BCUT2D eigenvalue weighted by atomic mass is 16.3. The van der Waals surface area contributed by atoms with Crippen LogP contribution in [0.1, 0.15) is 68.8 Å². The van der Waals surface area contributed by atoms with Crippen LogP contribution in [-0.2, 0) is 4.79 Å². The van der Waals surface area contributed by atoms with E-state index in [-0.39, 0.29) is 18.4 Å². The standard InChI is InChI=1S/C22H29N5O2/c1-16-12-17(26-20-15-23-9-10-24-20)13-18(25-16)19-6-5-11-27(19)21(28)14-22(29)7-3-2-4-8-22/h9-10,12-13,15,19,29H,2-8,11,14H2,1H3,(H,24,25,26)/t19-/m0/s1. The van der Waals surface area contributed by atoms with E-state index in [4.69, 9.17) is 4.98 Å². The van der Waals surface area contributed by atoms with Crippen molar-refractivity contribution in [3.05, 3.63) is 42.1 Å². The highest BCUT2D eigenvalue weighted by Crippen LogP contribution is 2.36. The summed E-state index contributed by atoms with van der Waals surface area (Å²) in [5, 5.41) is 14.1. The minimum absolute atomic E-state index is 0.0444. The van der Waals surface area contributed by atoms with E-state index in [2.05, 4.69) is 15.3 Å². The zero-order valence-electron chi connectivity index (χ0n) is 17.0. The lowest BCUT2D eigenvalue weighted by Gasteiger charge is -2.34. The molecule has 1 amide bonds. The summed E-state index contributed by atoms with van der Waals surface area (Å²) in [6, 6.07) is 3.91. The largest absolute Gasteiger partial charge is 0.389 e. The number of hydrogen-bond donors (Lipinski definition) is 2. The second-order valence-electron chi connectivity index (χ2n) is 8.34. The first-order valence-electron chi connectivity index (χ1n) is 10.6. The van der Waals surface area contributed by atoms with Gasteiger partial charge in [0.25, 0.3) is 0 Å². The summed E-state index contributed by atoms with van der Waals surface area (Å²) in [6.45, 7) is 2.68. The number of hydrogen-bond acceptors (Lipinski definition) is 6. The molecule has 29 heavy (non-hydrogen) atoms. The van der Waals surface area contributed by atoms with E-state index in [1.807, 2.05) is 24.0 Å². The number of aliphatic hydroxyl groups is 1. The van der Waals surface area contributed by atoms with Gasteiger partial charge in [-0.15, -0.1) is 0 Å². The summed E-state index contributed by atoms with van der Waals surface area (Å²) in [6.07, 6.45) is 11.6. The average Bonchev–Trinajstić information content (AvgIpc) is 3.19. The van der Waals surface area contributed by atoms with Gasteiger partial charge >= 0.3 is 0 Å². The van der Waals surface area contributed by atoms with Crippen molar-refractivity contribution in [1.82, 2.24) is 19.9 Å². The third-order valence-corrected chi connectivity index (χ3v) is 5.99. The van der Waals surface area contributed by atoms with Crippen molar-refractivity contribution < 1.29 is 9.90 Å². The monoisotopic (exact) mass is 395 g/mol. The Hall–Kier alpha value is -2.54. The van der Waals surface area contributed by atoms with Crippen LogP contribution < -0.4 is 5.32 Å². The van der Waals surface area contributed by atoms with Gasteiger partial charge in [-0.25, -0.2) is 4.98 Å². The summed E-state index contributed by atoms with van der Waals surface area (Å²) in [4.78, 5) is 28.1. The third-order valence-electron chi connectivity index (χ3n) is 5.99. The maximum atomic E-state index is 13.1. The summed E-state index contributed by atoms with van der Waals surface area (Å²) in [5.74, 6) is 0.714. The highest BCUT2D eigenvalue weighted by molar-refractivity contribution is 5.78. The van der Waals surface area contributed by atoms with E-state index in [9.17, 15) is 9.90 Å². The van der Waals surface area contributed by atoms with Crippen LogP contribution in [0.5, 0.6) is 0 Å². The fourth-order valence-corrected chi connectivity index (χ4v) is 4.59. The molecule has 2 fully saturated rings. The lowest BCUT2D eigenvalue weighted by Crippen LogP contribution is -2.40. The van der Waals surface area contributed by atoms with Crippen molar-refractivity contribution in [2.75, 3.05) is 11.9 Å². The molecule has 3 heterocycles. The van der Waals surface area contributed by atoms with Crippen LogP contribution in [0.25, 0.3) is 0 Å². The quantitative estimate of drug-likeness (QED) is 0.803. The fourth-order valence-electron chi connectivity index (χ4n) is 4.59. The molecule has 2 aliphatic rings. The van der Waals surface area contributed by atoms with Gasteiger partial charge in [0.1, 0.15) is 5.82 Å². The number of carbonyl (C=O) groups excluding carboxylic acids is 1. The Morgan fingerprint density at radius 3 is 2.83 bits per heavy atom. The maximum Gasteiger partial charge on any atom is 0.226 e. The van der Waals surface area contributed by atoms with Gasteiger partial charge in [0.05, 0.1) is 30.0 Å². The summed E-state index contributed by atoms with van der Waals surface area (Å²) >= 11 is 0. The van der Waals surface area contributed by atoms with Crippen molar-refractivity contribution in [3.63, 3.8) is 0 Å². The average molecular weight is 396 g/mol. The zero-order valence-corrected chi connectivity index (χ0v) is 17.0. The Labute approximate surface area is 171 Å². The number of aromatic nitrogens is 3. The number of amides is 1. The number of anilines is 2. The van der Waals surface area contributed by atoms with E-state index in [0.29, 0.717) is 5.82 Å². The van der Waals surface area contributed by atoms with E-state index in [0.717, 1.165) is 68.6 Å². The molecule has 4 rings (SSSR count). The van der Waals surface area contributed by atoms with Gasteiger partial charge in [-0.2, -0.15) is 0 Å². The molecule has 2 aromatic heterocycles. The molecule has 0 aromatic carbocycles. The van der Waals surface area contributed by atoms with Gasteiger partial charge < -0.3 is 15.3 Å². The van der Waals surface area contributed by atoms with Gasteiger partial charge in [0, 0.05) is 30.3 Å². The highest BCUT2D eigenvalue weighted by Gasteiger charge is 2.37. The van der Waals surface area contributed by atoms with E-state index in [1.165, 1.54) is 0 Å². The lowest BCUT2D eigenvalue weighted by atomic mass is 9.82. The van der Waals surface area contributed by atoms with Crippen LogP contribution in [0.2, 0.25) is 0 Å². The normalized spacial score (nSPS) is 21.2. The van der Waals surface area contributed by atoms with Crippen molar-refractivity contribution in [2.24, 2.45) is 0 Å². The Balaban J connectivity index is 1.51. The molecule has 154 valence electrons. The van der Waals surface area contributed by atoms with Crippen LogP contribution in [0.15, 0.2) is 30.7 Å². The van der Waals surface area contributed by atoms with Crippen molar-refractivity contribution in [2.45, 2.75) is 69.9 Å². The molecule has 7 heteroatoms. The molecule has 0 bridgehead atoms. The molecule has 0 spiro atoms. The zero-order chi connectivity index (χ0) is 20.3. The molecular formula is C22H29N5O2. The second-order valence-corrected chi connectivity index (χ2v) is 8.34. The minimum atomic E-state index is -0.832. The number of carbonyl (C=O) groups is 1. The Morgan fingerprint density at radius 2 is 2.07 bits per heavy atom. The van der Waals surface area contributed by atoms with E-state index >= 15 is 0 Å². The first-order valence-corrected chi connectivity index (χ1v) is 10.6. The molecule has 1 aliphatic carbocycles. The number of rotatable bonds is 5. The molecule has 2 aromatic rings. The molecule has 1 atom stereocenters. The van der Waals surface area contributed by atoms with Crippen molar-refractivity contribution in [1.29, 1.82) is 0 Å². The number of nitrogens with one attached hydrogen (secondary N) is 1. The van der Waals surface area contributed by atoms with Crippen LogP contribution >= 0.6 is 0 Å². The minimum Gasteiger partial charge on any atom is -0.389 e. The third kappa shape index (κ3) is 4.72. The summed E-state index contributed by atoms with van der Waals surface area (Å²) in [7, 11) is 0. The number of nitrogens with zero attached hydrogens (tertiary/aromatic N) is 4. The van der Waals surface area contributed by atoms with Gasteiger partial charge in [-0.1, -0.05) is 19.3 Å². The Bertz CT molecular complexity index is 852. The molecule has 0 radical (unpaired) electrons. The smallest absolute Gasteiger partial charge is 0.226 e. The fraction of sp³-hybridized carbons (Fsp3) is 0.545. The first-order chi connectivity index (χ1) is 14.0. The molecule has 1 saturated carbocycles. The van der Waals surface area contributed by atoms with Crippen LogP contribution in [0.3, 0.4) is 0 Å². The van der Waals surface area contributed by atoms with Gasteiger partial charge in [-0.05, 0) is 44.7 Å². The number of pyridine rings is 1. The lowest BCUT2D eigenvalue weighted by molar-refractivity contribution is -0.138. The van der Waals surface area contributed by atoms with Crippen LogP contribution in [-0.4, -0.2) is 43.0 Å². The molecular weight excluding hydrogens is 366 g/mol. The Morgan fingerprint density at radius 1 is 1.24 bits per heavy atom. The first kappa shape index (κ1) is 19.8. The maximum absolute atomic E-state index is 13.1. The topological polar surface area (TPSA) is 91.2 Å². The second kappa shape index (κ2) is 8.45. The van der Waals surface area contributed by atoms with Crippen LogP contribution in [0, 0.1) is 6.92 Å². The van der Waals surface area contributed by atoms with Gasteiger partial charge in [0.2, 0.25) is 5.91 Å². The van der Waals surface area contributed by atoms with E-state index < -0.39 is 5.60 Å².